The van der Waals surface area contributed by atoms with Crippen LogP contribution < -0.4 is 5.32 Å². The molecule has 1 aliphatic heterocycles. The summed E-state index contributed by atoms with van der Waals surface area (Å²) in [5.74, 6) is 0.865. The van der Waals surface area contributed by atoms with Crippen molar-refractivity contribution in [1.82, 2.24) is 15.1 Å². The summed E-state index contributed by atoms with van der Waals surface area (Å²) in [5, 5.41) is 5.03. The minimum Gasteiger partial charge on any atom is -0.353 e. The van der Waals surface area contributed by atoms with Gasteiger partial charge in [-0.05, 0) is 82.2 Å². The van der Waals surface area contributed by atoms with Crippen molar-refractivity contribution in [2.24, 2.45) is 5.92 Å². The quantitative estimate of drug-likeness (QED) is 0.521. The van der Waals surface area contributed by atoms with E-state index in [0.29, 0.717) is 0 Å². The Morgan fingerprint density at radius 3 is 2.79 bits per heavy atom. The molecule has 0 aromatic carbocycles. The molecule has 2 aliphatic rings. The molecule has 0 radical (unpaired) electrons. The summed E-state index contributed by atoms with van der Waals surface area (Å²) in [5.41, 5.74) is 0. The van der Waals surface area contributed by atoms with Crippen molar-refractivity contribution in [2.75, 3.05) is 33.2 Å². The lowest BCUT2D eigenvalue weighted by Crippen LogP contribution is -2.50. The molecule has 1 saturated heterocycles. The van der Waals surface area contributed by atoms with Crippen LogP contribution in [0.1, 0.15) is 56.7 Å². The number of carbonyl (C=O) groups excluding carboxylic acids is 1. The number of carbonyl (C=O) groups is 1. The molecule has 0 bridgehead atoms. The molecule has 3 rings (SSSR count). The fourth-order valence-corrected chi connectivity index (χ4v) is 5.46. The first-order valence-corrected chi connectivity index (χ1v) is 11.9. The monoisotopic (exact) mass is 403 g/mol. The molecule has 0 spiro atoms. The lowest BCUT2D eigenvalue weighted by atomic mass is 9.84. The van der Waals surface area contributed by atoms with Gasteiger partial charge in [-0.3, -0.25) is 4.79 Å². The minimum atomic E-state index is 0.00957. The van der Waals surface area contributed by atoms with Crippen LogP contribution >= 0.6 is 11.3 Å². The van der Waals surface area contributed by atoms with E-state index in [1.165, 1.54) is 51.6 Å². The number of nitrogens with zero attached hydrogens (tertiary/aromatic N) is 2. The Bertz CT molecular complexity index is 607. The first kappa shape index (κ1) is 21.5. The Morgan fingerprint density at radius 1 is 1.29 bits per heavy atom. The minimum absolute atomic E-state index is 0.00957. The average molecular weight is 404 g/mol. The van der Waals surface area contributed by atoms with Crippen molar-refractivity contribution >= 4 is 23.3 Å². The Hall–Kier alpha value is -1.17. The summed E-state index contributed by atoms with van der Waals surface area (Å²) in [6, 6.07) is 5.57. The van der Waals surface area contributed by atoms with Crippen molar-refractivity contribution in [1.29, 1.82) is 0 Å². The van der Waals surface area contributed by atoms with Crippen LogP contribution in [0.3, 0.4) is 0 Å². The van der Waals surface area contributed by atoms with E-state index >= 15 is 0 Å². The summed E-state index contributed by atoms with van der Waals surface area (Å²) in [6.07, 6.45) is 12.7. The highest BCUT2D eigenvalue weighted by Crippen LogP contribution is 2.30. The number of rotatable bonds is 8. The molecule has 28 heavy (non-hydrogen) atoms. The van der Waals surface area contributed by atoms with Crippen LogP contribution in [-0.4, -0.2) is 61.0 Å². The zero-order chi connectivity index (χ0) is 19.8. The molecule has 1 aliphatic carbocycles. The van der Waals surface area contributed by atoms with Crippen LogP contribution in [0.4, 0.5) is 0 Å². The third kappa shape index (κ3) is 6.43. The molecule has 2 heterocycles. The van der Waals surface area contributed by atoms with Gasteiger partial charge in [0.05, 0.1) is 0 Å². The summed E-state index contributed by atoms with van der Waals surface area (Å²) in [7, 11) is 2.37. The molecule has 1 amide bonds. The van der Waals surface area contributed by atoms with Gasteiger partial charge in [-0.25, -0.2) is 0 Å². The molecule has 1 aromatic heterocycles. The summed E-state index contributed by atoms with van der Waals surface area (Å²) in [6.45, 7) is 6.68. The molecule has 4 nitrogen and oxygen atoms in total. The van der Waals surface area contributed by atoms with E-state index in [-0.39, 0.29) is 5.91 Å². The SMILES string of the molecule is CC1CCCCC1N(C)C1CCN(CCCNC(=O)/C=C/c2cccs2)CC1. The van der Waals surface area contributed by atoms with Crippen LogP contribution in [0.2, 0.25) is 0 Å². The maximum Gasteiger partial charge on any atom is 0.244 e. The molecular formula is C23H37N3OS. The van der Waals surface area contributed by atoms with Gasteiger partial charge in [-0.2, -0.15) is 0 Å². The highest BCUT2D eigenvalue weighted by atomic mass is 32.1. The van der Waals surface area contributed by atoms with E-state index in [1.807, 2.05) is 23.6 Å². The summed E-state index contributed by atoms with van der Waals surface area (Å²) in [4.78, 5) is 18.3. The number of likely N-dealkylation sites (tertiary alicyclic amines) is 1. The van der Waals surface area contributed by atoms with Crippen LogP contribution in [-0.2, 0) is 4.79 Å². The highest BCUT2D eigenvalue weighted by Gasteiger charge is 2.31. The molecule has 1 aromatic rings. The molecule has 2 fully saturated rings. The highest BCUT2D eigenvalue weighted by molar-refractivity contribution is 7.10. The number of hydrogen-bond acceptors (Lipinski definition) is 4. The van der Waals surface area contributed by atoms with Crippen molar-refractivity contribution in [2.45, 2.75) is 64.0 Å². The molecule has 1 N–H and O–H groups in total. The van der Waals surface area contributed by atoms with Crippen molar-refractivity contribution in [3.63, 3.8) is 0 Å². The van der Waals surface area contributed by atoms with Gasteiger partial charge in [0.2, 0.25) is 5.91 Å². The fraction of sp³-hybridized carbons (Fsp3) is 0.696. The molecular weight excluding hydrogens is 366 g/mol. The zero-order valence-corrected chi connectivity index (χ0v) is 18.4. The lowest BCUT2D eigenvalue weighted by molar-refractivity contribution is -0.116. The number of thiophene rings is 1. The molecule has 5 heteroatoms. The van der Waals surface area contributed by atoms with Gasteiger partial charge in [-0.1, -0.05) is 25.8 Å². The molecule has 2 unspecified atom stereocenters. The van der Waals surface area contributed by atoms with E-state index in [1.54, 1.807) is 17.4 Å². The number of hydrogen-bond donors (Lipinski definition) is 1. The van der Waals surface area contributed by atoms with E-state index in [2.05, 4.69) is 29.1 Å². The van der Waals surface area contributed by atoms with Gasteiger partial charge in [-0.15, -0.1) is 11.3 Å². The topological polar surface area (TPSA) is 35.6 Å². The Morgan fingerprint density at radius 2 is 2.07 bits per heavy atom. The summed E-state index contributed by atoms with van der Waals surface area (Å²) < 4.78 is 0. The van der Waals surface area contributed by atoms with Crippen molar-refractivity contribution < 1.29 is 4.79 Å². The van der Waals surface area contributed by atoms with Gasteiger partial charge < -0.3 is 15.1 Å². The smallest absolute Gasteiger partial charge is 0.244 e. The van der Waals surface area contributed by atoms with Gasteiger partial charge in [0.15, 0.2) is 0 Å². The average Bonchev–Trinajstić information content (AvgIpc) is 3.24. The van der Waals surface area contributed by atoms with E-state index < -0.39 is 0 Å². The first-order chi connectivity index (χ1) is 13.6. The number of amides is 1. The predicted molar refractivity (Wildman–Crippen MR) is 120 cm³/mol. The van der Waals surface area contributed by atoms with Gasteiger partial charge in [0.25, 0.3) is 0 Å². The Labute approximate surface area is 175 Å². The third-order valence-electron chi connectivity index (χ3n) is 6.61. The first-order valence-electron chi connectivity index (χ1n) is 11.1. The van der Waals surface area contributed by atoms with Crippen molar-refractivity contribution in [3.05, 3.63) is 28.5 Å². The second kappa shape index (κ2) is 11.1. The van der Waals surface area contributed by atoms with E-state index in [4.69, 9.17) is 0 Å². The lowest BCUT2D eigenvalue weighted by Gasteiger charge is -2.44. The fourth-order valence-electron chi connectivity index (χ4n) is 4.84. The van der Waals surface area contributed by atoms with Gasteiger partial charge in [0.1, 0.15) is 0 Å². The Balaban J connectivity index is 1.28. The number of piperidine rings is 1. The van der Waals surface area contributed by atoms with Crippen LogP contribution in [0, 0.1) is 5.92 Å². The maximum atomic E-state index is 11.9. The van der Waals surface area contributed by atoms with Gasteiger partial charge in [0, 0.05) is 29.6 Å². The molecule has 2 atom stereocenters. The standard InChI is InChI=1S/C23H37N3OS/c1-19-7-3-4-9-22(19)25(2)20-12-16-26(17-13-20)15-6-14-24-23(27)11-10-21-8-5-18-28-21/h5,8,10-11,18-20,22H,3-4,6-7,9,12-17H2,1-2H3,(H,24,27)/b11-10+. The maximum absolute atomic E-state index is 11.9. The zero-order valence-electron chi connectivity index (χ0n) is 17.6. The Kier molecular flexibility index (Phi) is 8.56. The predicted octanol–water partition coefficient (Wildman–Crippen LogP) is 4.24. The van der Waals surface area contributed by atoms with Crippen LogP contribution in [0.5, 0.6) is 0 Å². The largest absolute Gasteiger partial charge is 0.353 e. The normalized spacial score (nSPS) is 24.8. The third-order valence-corrected chi connectivity index (χ3v) is 7.45. The van der Waals surface area contributed by atoms with Crippen LogP contribution in [0.25, 0.3) is 6.08 Å². The van der Waals surface area contributed by atoms with Crippen molar-refractivity contribution in [3.8, 4) is 0 Å². The molecule has 1 saturated carbocycles. The van der Waals surface area contributed by atoms with E-state index in [9.17, 15) is 4.79 Å². The summed E-state index contributed by atoms with van der Waals surface area (Å²) >= 11 is 1.65. The van der Waals surface area contributed by atoms with E-state index in [0.717, 1.165) is 42.4 Å². The second-order valence-corrected chi connectivity index (χ2v) is 9.54. The molecule has 156 valence electrons. The van der Waals surface area contributed by atoms with Crippen LogP contribution in [0.15, 0.2) is 23.6 Å². The second-order valence-electron chi connectivity index (χ2n) is 8.56. The van der Waals surface area contributed by atoms with Gasteiger partial charge >= 0.3 is 0 Å². The number of nitrogens with one attached hydrogen (secondary N) is 1.